The number of hydrogen-bond donors (Lipinski definition) is 2. The van der Waals surface area contributed by atoms with E-state index in [1.165, 1.54) is 12.8 Å². The van der Waals surface area contributed by atoms with Crippen LogP contribution < -0.4 is 10.6 Å². The molecule has 1 fully saturated rings. The molecule has 112 valence electrons. The number of nitrogens with zero attached hydrogens (tertiary/aromatic N) is 3. The van der Waals surface area contributed by atoms with Gasteiger partial charge in [-0.3, -0.25) is 0 Å². The molecule has 5 heteroatoms. The van der Waals surface area contributed by atoms with Crippen molar-refractivity contribution in [2.45, 2.75) is 45.1 Å². The topological polar surface area (TPSA) is 53.1 Å². The van der Waals surface area contributed by atoms with E-state index < -0.39 is 0 Å². The van der Waals surface area contributed by atoms with Crippen LogP contribution in [0.25, 0.3) is 0 Å². The van der Waals surface area contributed by atoms with Crippen molar-refractivity contribution < 1.29 is 0 Å². The van der Waals surface area contributed by atoms with E-state index in [2.05, 4.69) is 53.4 Å². The molecule has 20 heavy (non-hydrogen) atoms. The summed E-state index contributed by atoms with van der Waals surface area (Å²) in [7, 11) is 4.17. The average molecular weight is 277 g/mol. The molecule has 1 aromatic rings. The number of aromatic nitrogens is 2. The van der Waals surface area contributed by atoms with Crippen LogP contribution >= 0.6 is 0 Å². The third kappa shape index (κ3) is 4.63. The minimum Gasteiger partial charge on any atom is -0.370 e. The third-order valence-corrected chi connectivity index (χ3v) is 3.28. The van der Waals surface area contributed by atoms with Gasteiger partial charge < -0.3 is 15.5 Å². The molecule has 0 saturated heterocycles. The van der Waals surface area contributed by atoms with Gasteiger partial charge in [-0.15, -0.1) is 0 Å². The van der Waals surface area contributed by atoms with Gasteiger partial charge in [0.2, 0.25) is 0 Å². The van der Waals surface area contributed by atoms with E-state index in [-0.39, 0.29) is 0 Å². The summed E-state index contributed by atoms with van der Waals surface area (Å²) in [4.78, 5) is 11.5. The summed E-state index contributed by atoms with van der Waals surface area (Å²) in [6.07, 6.45) is 3.55. The third-order valence-electron chi connectivity index (χ3n) is 3.28. The van der Waals surface area contributed by atoms with Gasteiger partial charge in [-0.1, -0.05) is 6.92 Å². The Balaban J connectivity index is 2.07. The summed E-state index contributed by atoms with van der Waals surface area (Å²) in [5.74, 6) is 3.45. The van der Waals surface area contributed by atoms with Crippen LogP contribution in [0, 0.1) is 0 Å². The van der Waals surface area contributed by atoms with Crippen molar-refractivity contribution >= 4 is 11.6 Å². The van der Waals surface area contributed by atoms with Crippen LogP contribution in [0.5, 0.6) is 0 Å². The van der Waals surface area contributed by atoms with Crippen molar-refractivity contribution in [2.24, 2.45) is 0 Å². The quantitative estimate of drug-likeness (QED) is 0.765. The molecule has 0 spiro atoms. The SMILES string of the molecule is CCCNc1cc(NC(C)CN(C)C)nc(C2CC2)n1. The summed E-state index contributed by atoms with van der Waals surface area (Å²) in [5.41, 5.74) is 0. The van der Waals surface area contributed by atoms with Gasteiger partial charge in [-0.05, 0) is 40.3 Å². The first kappa shape index (κ1) is 15.0. The highest BCUT2D eigenvalue weighted by molar-refractivity contribution is 5.48. The van der Waals surface area contributed by atoms with Crippen molar-refractivity contribution in [1.29, 1.82) is 0 Å². The van der Waals surface area contributed by atoms with Gasteiger partial charge in [0, 0.05) is 31.1 Å². The first-order chi connectivity index (χ1) is 9.58. The molecule has 0 aliphatic heterocycles. The predicted octanol–water partition coefficient (Wildman–Crippen LogP) is 2.54. The maximum absolute atomic E-state index is 4.67. The van der Waals surface area contributed by atoms with Gasteiger partial charge in [0.05, 0.1) is 0 Å². The molecule has 1 aliphatic carbocycles. The van der Waals surface area contributed by atoms with Crippen molar-refractivity contribution in [3.63, 3.8) is 0 Å². The van der Waals surface area contributed by atoms with Crippen molar-refractivity contribution in [3.05, 3.63) is 11.9 Å². The molecule has 0 amide bonds. The lowest BCUT2D eigenvalue weighted by Crippen LogP contribution is -2.30. The molecule has 1 heterocycles. The Labute approximate surface area is 122 Å². The second-order valence-electron chi connectivity index (χ2n) is 6.01. The van der Waals surface area contributed by atoms with E-state index in [1.807, 2.05) is 6.07 Å². The fourth-order valence-corrected chi connectivity index (χ4v) is 2.25. The number of nitrogens with one attached hydrogen (secondary N) is 2. The molecule has 5 nitrogen and oxygen atoms in total. The molecule has 0 aromatic carbocycles. The highest BCUT2D eigenvalue weighted by atomic mass is 15.1. The molecule has 0 radical (unpaired) electrons. The first-order valence-corrected chi connectivity index (χ1v) is 7.62. The molecular formula is C15H27N5. The number of anilines is 2. The highest BCUT2D eigenvalue weighted by Crippen LogP contribution is 2.38. The van der Waals surface area contributed by atoms with Crippen LogP contribution in [0.15, 0.2) is 6.07 Å². The van der Waals surface area contributed by atoms with Gasteiger partial charge in [-0.25, -0.2) is 9.97 Å². The van der Waals surface area contributed by atoms with Crippen LogP contribution in [0.4, 0.5) is 11.6 Å². The fourth-order valence-electron chi connectivity index (χ4n) is 2.25. The number of rotatable bonds is 8. The van der Waals surface area contributed by atoms with E-state index in [4.69, 9.17) is 0 Å². The smallest absolute Gasteiger partial charge is 0.136 e. The summed E-state index contributed by atoms with van der Waals surface area (Å²) < 4.78 is 0. The zero-order valence-electron chi connectivity index (χ0n) is 13.1. The maximum atomic E-state index is 4.67. The monoisotopic (exact) mass is 277 g/mol. The normalized spacial score (nSPS) is 16.2. The standard InChI is InChI=1S/C15H27N5/c1-5-8-16-13-9-14(17-11(2)10-20(3)4)19-15(18-13)12-6-7-12/h9,11-12H,5-8,10H2,1-4H3,(H2,16,17,18,19). The molecule has 2 N–H and O–H groups in total. The summed E-state index contributed by atoms with van der Waals surface area (Å²) in [6, 6.07) is 2.39. The van der Waals surface area contributed by atoms with E-state index in [9.17, 15) is 0 Å². The number of hydrogen-bond acceptors (Lipinski definition) is 5. The van der Waals surface area contributed by atoms with E-state index in [0.29, 0.717) is 12.0 Å². The highest BCUT2D eigenvalue weighted by Gasteiger charge is 2.27. The average Bonchev–Trinajstić information content (AvgIpc) is 3.19. The largest absolute Gasteiger partial charge is 0.370 e. The molecule has 1 aromatic heterocycles. The minimum atomic E-state index is 0.367. The summed E-state index contributed by atoms with van der Waals surface area (Å²) >= 11 is 0. The zero-order chi connectivity index (χ0) is 14.5. The Bertz CT molecular complexity index is 428. The Morgan fingerprint density at radius 3 is 2.60 bits per heavy atom. The molecular weight excluding hydrogens is 250 g/mol. The van der Waals surface area contributed by atoms with Gasteiger partial charge in [-0.2, -0.15) is 0 Å². The van der Waals surface area contributed by atoms with Crippen molar-refractivity contribution in [3.8, 4) is 0 Å². The van der Waals surface area contributed by atoms with Gasteiger partial charge in [0.15, 0.2) is 0 Å². The van der Waals surface area contributed by atoms with Crippen molar-refractivity contribution in [1.82, 2.24) is 14.9 Å². The molecule has 1 unspecified atom stereocenters. The molecule has 1 aliphatic rings. The lowest BCUT2D eigenvalue weighted by molar-refractivity contribution is 0.392. The zero-order valence-corrected chi connectivity index (χ0v) is 13.1. The fraction of sp³-hybridized carbons (Fsp3) is 0.733. The molecule has 1 saturated carbocycles. The predicted molar refractivity (Wildman–Crippen MR) is 84.4 cm³/mol. The number of likely N-dealkylation sites (N-methyl/N-ethyl adjacent to an activating group) is 1. The Kier molecular flexibility index (Phi) is 5.17. The van der Waals surface area contributed by atoms with Crippen LogP contribution in [0.1, 0.15) is 44.9 Å². The maximum Gasteiger partial charge on any atom is 0.136 e. The van der Waals surface area contributed by atoms with Gasteiger partial charge in [0.25, 0.3) is 0 Å². The van der Waals surface area contributed by atoms with Crippen LogP contribution in [-0.4, -0.2) is 48.1 Å². The summed E-state index contributed by atoms with van der Waals surface area (Å²) in [5, 5.41) is 6.85. The molecule has 0 bridgehead atoms. The Morgan fingerprint density at radius 2 is 2.00 bits per heavy atom. The van der Waals surface area contributed by atoms with E-state index in [1.54, 1.807) is 0 Å². The van der Waals surface area contributed by atoms with E-state index in [0.717, 1.165) is 37.0 Å². The Hall–Kier alpha value is -1.36. The lowest BCUT2D eigenvalue weighted by atomic mass is 10.3. The van der Waals surface area contributed by atoms with Gasteiger partial charge in [0.1, 0.15) is 17.5 Å². The first-order valence-electron chi connectivity index (χ1n) is 7.62. The minimum absolute atomic E-state index is 0.367. The van der Waals surface area contributed by atoms with Gasteiger partial charge >= 0.3 is 0 Å². The van der Waals surface area contributed by atoms with Crippen LogP contribution in [0.2, 0.25) is 0 Å². The second-order valence-corrected chi connectivity index (χ2v) is 6.01. The lowest BCUT2D eigenvalue weighted by Gasteiger charge is -2.19. The molecule has 2 rings (SSSR count). The van der Waals surface area contributed by atoms with Crippen LogP contribution in [0.3, 0.4) is 0 Å². The van der Waals surface area contributed by atoms with Crippen molar-refractivity contribution in [2.75, 3.05) is 37.8 Å². The molecule has 1 atom stereocenters. The van der Waals surface area contributed by atoms with E-state index >= 15 is 0 Å². The van der Waals surface area contributed by atoms with Crippen LogP contribution in [-0.2, 0) is 0 Å². The summed E-state index contributed by atoms with van der Waals surface area (Å²) in [6.45, 7) is 6.28. The Morgan fingerprint density at radius 1 is 1.30 bits per heavy atom. The second kappa shape index (κ2) is 6.88.